The van der Waals surface area contributed by atoms with Crippen LogP contribution < -0.4 is 0 Å². The lowest BCUT2D eigenvalue weighted by Gasteiger charge is -1.94. The minimum atomic E-state index is -0.611. The first-order valence-electron chi connectivity index (χ1n) is 3.08. The van der Waals surface area contributed by atoms with Crippen molar-refractivity contribution in [3.05, 3.63) is 33.9 Å². The maximum absolute atomic E-state index is 10.2. The standard InChI is InChI=1S/C8H5NO3/c1-2-6-3-7(9(11)12)5-8(10)4-6/h1,3-5,10H. The minimum absolute atomic E-state index is 0.197. The summed E-state index contributed by atoms with van der Waals surface area (Å²) < 4.78 is 0. The van der Waals surface area contributed by atoms with Crippen molar-refractivity contribution in [2.75, 3.05) is 0 Å². The molecule has 0 aromatic heterocycles. The number of aromatic hydroxyl groups is 1. The molecule has 4 nitrogen and oxygen atoms in total. The smallest absolute Gasteiger partial charge is 0.274 e. The van der Waals surface area contributed by atoms with Crippen molar-refractivity contribution in [1.82, 2.24) is 0 Å². The van der Waals surface area contributed by atoms with E-state index >= 15 is 0 Å². The number of nitro groups is 1. The summed E-state index contributed by atoms with van der Waals surface area (Å²) in [5.41, 5.74) is 0.0876. The second-order valence-corrected chi connectivity index (χ2v) is 2.14. The fraction of sp³-hybridized carbons (Fsp3) is 0. The zero-order chi connectivity index (χ0) is 9.14. The third kappa shape index (κ3) is 1.52. The number of phenolic OH excluding ortho intramolecular Hbond substituents is 1. The number of non-ortho nitro benzene ring substituents is 1. The van der Waals surface area contributed by atoms with E-state index in [4.69, 9.17) is 11.5 Å². The molecule has 0 atom stereocenters. The van der Waals surface area contributed by atoms with Gasteiger partial charge in [-0.1, -0.05) is 5.92 Å². The van der Waals surface area contributed by atoms with Crippen LogP contribution in [-0.2, 0) is 0 Å². The predicted molar refractivity (Wildman–Crippen MR) is 42.7 cm³/mol. The quantitative estimate of drug-likeness (QED) is 0.385. The molecule has 0 unspecified atom stereocenters. The van der Waals surface area contributed by atoms with Gasteiger partial charge in [0.05, 0.1) is 11.0 Å². The van der Waals surface area contributed by atoms with Gasteiger partial charge in [-0.15, -0.1) is 6.42 Å². The molecule has 0 aliphatic heterocycles. The average molecular weight is 163 g/mol. The van der Waals surface area contributed by atoms with Gasteiger partial charge >= 0.3 is 0 Å². The van der Waals surface area contributed by atoms with Crippen LogP contribution in [0.1, 0.15) is 5.56 Å². The van der Waals surface area contributed by atoms with Crippen LogP contribution in [0.5, 0.6) is 5.75 Å². The van der Waals surface area contributed by atoms with E-state index in [9.17, 15) is 10.1 Å². The van der Waals surface area contributed by atoms with E-state index in [0.717, 1.165) is 6.07 Å². The Morgan fingerprint density at radius 1 is 1.50 bits per heavy atom. The first-order valence-corrected chi connectivity index (χ1v) is 3.08. The Balaban J connectivity index is 3.26. The van der Waals surface area contributed by atoms with Crippen molar-refractivity contribution >= 4 is 5.69 Å². The third-order valence-electron chi connectivity index (χ3n) is 1.28. The van der Waals surface area contributed by atoms with E-state index in [-0.39, 0.29) is 11.4 Å². The van der Waals surface area contributed by atoms with Crippen molar-refractivity contribution in [2.24, 2.45) is 0 Å². The van der Waals surface area contributed by atoms with Gasteiger partial charge in [0.2, 0.25) is 0 Å². The summed E-state index contributed by atoms with van der Waals surface area (Å²) >= 11 is 0. The molecule has 12 heavy (non-hydrogen) atoms. The van der Waals surface area contributed by atoms with E-state index in [1.54, 1.807) is 0 Å². The number of hydrogen-bond donors (Lipinski definition) is 1. The molecule has 0 spiro atoms. The summed E-state index contributed by atoms with van der Waals surface area (Å²) in [5.74, 6) is 2.00. The first kappa shape index (κ1) is 8.08. The fourth-order valence-corrected chi connectivity index (χ4v) is 0.784. The van der Waals surface area contributed by atoms with Gasteiger partial charge in [-0.3, -0.25) is 10.1 Å². The summed E-state index contributed by atoms with van der Waals surface area (Å²) in [6, 6.07) is 3.55. The highest BCUT2D eigenvalue weighted by atomic mass is 16.6. The van der Waals surface area contributed by atoms with E-state index in [2.05, 4.69) is 5.92 Å². The number of phenols is 1. The van der Waals surface area contributed by atoms with Gasteiger partial charge in [-0.2, -0.15) is 0 Å². The topological polar surface area (TPSA) is 63.4 Å². The fourth-order valence-electron chi connectivity index (χ4n) is 0.784. The van der Waals surface area contributed by atoms with E-state index in [1.165, 1.54) is 12.1 Å². The van der Waals surface area contributed by atoms with Crippen LogP contribution in [0, 0.1) is 22.5 Å². The lowest BCUT2D eigenvalue weighted by atomic mass is 10.2. The first-order chi connectivity index (χ1) is 5.63. The van der Waals surface area contributed by atoms with Crippen LogP contribution in [0.2, 0.25) is 0 Å². The monoisotopic (exact) mass is 163 g/mol. The molecular weight excluding hydrogens is 158 g/mol. The molecule has 0 saturated heterocycles. The highest BCUT2D eigenvalue weighted by molar-refractivity contribution is 5.47. The Labute approximate surface area is 68.6 Å². The van der Waals surface area contributed by atoms with Gasteiger partial charge in [-0.05, 0) is 6.07 Å². The van der Waals surface area contributed by atoms with Crippen LogP contribution in [0.25, 0.3) is 0 Å². The zero-order valence-corrected chi connectivity index (χ0v) is 6.02. The van der Waals surface area contributed by atoms with Crippen molar-refractivity contribution in [3.8, 4) is 18.1 Å². The molecule has 0 amide bonds. The molecular formula is C8H5NO3. The maximum Gasteiger partial charge on any atom is 0.274 e. The van der Waals surface area contributed by atoms with E-state index in [1.807, 2.05) is 0 Å². The van der Waals surface area contributed by atoms with Crippen LogP contribution in [0.3, 0.4) is 0 Å². The van der Waals surface area contributed by atoms with Crippen LogP contribution in [0.4, 0.5) is 5.69 Å². The van der Waals surface area contributed by atoms with Crippen molar-refractivity contribution in [1.29, 1.82) is 0 Å². The molecule has 1 N–H and O–H groups in total. The Morgan fingerprint density at radius 2 is 2.17 bits per heavy atom. The van der Waals surface area contributed by atoms with E-state index < -0.39 is 4.92 Å². The number of terminal acetylenes is 1. The molecule has 1 aromatic rings. The van der Waals surface area contributed by atoms with Crippen LogP contribution in [0.15, 0.2) is 18.2 Å². The lowest BCUT2D eigenvalue weighted by Crippen LogP contribution is -1.88. The maximum atomic E-state index is 10.2. The second-order valence-electron chi connectivity index (χ2n) is 2.14. The van der Waals surface area contributed by atoms with Crippen LogP contribution >= 0.6 is 0 Å². The third-order valence-corrected chi connectivity index (χ3v) is 1.28. The minimum Gasteiger partial charge on any atom is -0.508 e. The average Bonchev–Trinajstić information content (AvgIpc) is 2.03. The molecule has 60 valence electrons. The van der Waals surface area contributed by atoms with E-state index in [0.29, 0.717) is 5.56 Å². The molecule has 0 bridgehead atoms. The number of rotatable bonds is 1. The van der Waals surface area contributed by atoms with Gasteiger partial charge in [0, 0.05) is 11.6 Å². The molecule has 1 rings (SSSR count). The Hall–Kier alpha value is -2.02. The van der Waals surface area contributed by atoms with Gasteiger partial charge in [0.1, 0.15) is 5.75 Å². The second kappa shape index (κ2) is 2.93. The number of nitrogens with zero attached hydrogens (tertiary/aromatic N) is 1. The zero-order valence-electron chi connectivity index (χ0n) is 6.02. The molecule has 0 radical (unpaired) electrons. The van der Waals surface area contributed by atoms with Crippen molar-refractivity contribution in [2.45, 2.75) is 0 Å². The normalized spacial score (nSPS) is 8.92. The molecule has 4 heteroatoms. The molecule has 0 saturated carbocycles. The largest absolute Gasteiger partial charge is 0.508 e. The molecule has 1 aromatic carbocycles. The Kier molecular flexibility index (Phi) is 1.97. The lowest BCUT2D eigenvalue weighted by molar-refractivity contribution is -0.384. The van der Waals surface area contributed by atoms with Gasteiger partial charge < -0.3 is 5.11 Å². The summed E-state index contributed by atoms with van der Waals surface area (Å²) in [4.78, 5) is 9.64. The molecule has 0 aliphatic carbocycles. The summed E-state index contributed by atoms with van der Waals surface area (Å²) in [7, 11) is 0. The molecule has 0 heterocycles. The van der Waals surface area contributed by atoms with Gasteiger partial charge in [0.25, 0.3) is 5.69 Å². The van der Waals surface area contributed by atoms with Crippen molar-refractivity contribution in [3.63, 3.8) is 0 Å². The summed E-state index contributed by atoms with van der Waals surface area (Å²) in [5, 5.41) is 19.2. The van der Waals surface area contributed by atoms with Gasteiger partial charge in [0.15, 0.2) is 0 Å². The van der Waals surface area contributed by atoms with Crippen molar-refractivity contribution < 1.29 is 10.0 Å². The highest BCUT2D eigenvalue weighted by Gasteiger charge is 2.07. The SMILES string of the molecule is C#Cc1cc(O)cc([N+](=O)[O-])c1. The van der Waals surface area contributed by atoms with Crippen LogP contribution in [-0.4, -0.2) is 10.0 Å². The van der Waals surface area contributed by atoms with Gasteiger partial charge in [-0.25, -0.2) is 0 Å². The Morgan fingerprint density at radius 3 is 2.67 bits per heavy atom. The Bertz CT molecular complexity index is 365. The summed E-state index contributed by atoms with van der Waals surface area (Å²) in [6.07, 6.45) is 5.00. The summed E-state index contributed by atoms with van der Waals surface area (Å²) in [6.45, 7) is 0. The number of nitro benzene ring substituents is 1. The predicted octanol–water partition coefficient (Wildman–Crippen LogP) is 1.28. The number of benzene rings is 1. The highest BCUT2D eigenvalue weighted by Crippen LogP contribution is 2.20. The molecule has 0 fully saturated rings. The number of hydrogen-bond acceptors (Lipinski definition) is 3. The molecule has 0 aliphatic rings.